The molecule has 148 valence electrons. The number of para-hydroxylation sites is 1. The van der Waals surface area contributed by atoms with Crippen molar-refractivity contribution in [3.8, 4) is 23.0 Å². The van der Waals surface area contributed by atoms with Crippen LogP contribution in [0.15, 0.2) is 77.2 Å². The first-order chi connectivity index (χ1) is 14.0. The molecule has 5 heteroatoms. The number of nitrogens with zero attached hydrogens (tertiary/aromatic N) is 1. The number of oxazole rings is 1. The van der Waals surface area contributed by atoms with Crippen LogP contribution < -0.4 is 10.5 Å². The second-order valence-corrected chi connectivity index (χ2v) is 7.58. The van der Waals surface area contributed by atoms with E-state index in [2.05, 4.69) is 4.98 Å². The van der Waals surface area contributed by atoms with Gasteiger partial charge in [-0.25, -0.2) is 4.98 Å². The highest BCUT2D eigenvalue weighted by Gasteiger charge is 2.17. The number of aromatic nitrogens is 1. The third kappa shape index (κ3) is 4.65. The Hall–Kier alpha value is -3.15. The van der Waals surface area contributed by atoms with Crippen LogP contribution in [0.2, 0.25) is 0 Å². The van der Waals surface area contributed by atoms with E-state index >= 15 is 0 Å². The summed E-state index contributed by atoms with van der Waals surface area (Å²) in [7, 11) is 0. The Balaban J connectivity index is 1.56. The van der Waals surface area contributed by atoms with Crippen LogP contribution in [0.5, 0.6) is 11.5 Å². The molecule has 29 heavy (non-hydrogen) atoms. The summed E-state index contributed by atoms with van der Waals surface area (Å²) < 4.78 is 11.9. The minimum atomic E-state index is -0.580. The van der Waals surface area contributed by atoms with Crippen molar-refractivity contribution in [2.24, 2.45) is 5.73 Å². The van der Waals surface area contributed by atoms with Crippen molar-refractivity contribution in [2.45, 2.75) is 25.3 Å². The topological polar surface area (TPSA) is 81.5 Å². The average Bonchev–Trinajstić information content (AvgIpc) is 3.17. The number of rotatable bonds is 7. The molecule has 3 aromatic carbocycles. The van der Waals surface area contributed by atoms with Crippen molar-refractivity contribution >= 4 is 11.1 Å². The molecule has 0 fully saturated rings. The summed E-state index contributed by atoms with van der Waals surface area (Å²) in [5.74, 6) is 2.05. The van der Waals surface area contributed by atoms with Gasteiger partial charge >= 0.3 is 0 Å². The minimum absolute atomic E-state index is 0.0370. The Labute approximate surface area is 169 Å². The second-order valence-electron chi connectivity index (χ2n) is 7.58. The molecule has 0 spiro atoms. The maximum absolute atomic E-state index is 9.33. The number of ether oxygens (including phenoxy) is 1. The molecule has 0 bridgehead atoms. The molecule has 4 aromatic rings. The Morgan fingerprint density at radius 3 is 2.59 bits per heavy atom. The maximum Gasteiger partial charge on any atom is 0.227 e. The molecule has 5 nitrogen and oxygen atoms in total. The van der Waals surface area contributed by atoms with Crippen LogP contribution in [0, 0.1) is 0 Å². The summed E-state index contributed by atoms with van der Waals surface area (Å²) in [6.07, 6.45) is 1.46. The zero-order valence-corrected chi connectivity index (χ0v) is 16.3. The van der Waals surface area contributed by atoms with Gasteiger partial charge in [-0.15, -0.1) is 0 Å². The molecule has 4 rings (SSSR count). The molecular formula is C24H24N2O3. The van der Waals surface area contributed by atoms with Gasteiger partial charge in [-0.2, -0.15) is 0 Å². The fraction of sp³-hybridized carbons (Fsp3) is 0.208. The summed E-state index contributed by atoms with van der Waals surface area (Å²) in [4.78, 5) is 4.65. The van der Waals surface area contributed by atoms with E-state index in [1.165, 1.54) is 0 Å². The lowest BCUT2D eigenvalue weighted by Crippen LogP contribution is -2.40. The van der Waals surface area contributed by atoms with Crippen LogP contribution in [0.25, 0.3) is 22.6 Å². The number of hydrogen-bond acceptors (Lipinski definition) is 5. The molecule has 0 saturated heterocycles. The van der Waals surface area contributed by atoms with Gasteiger partial charge in [0.15, 0.2) is 5.58 Å². The monoisotopic (exact) mass is 388 g/mol. The Morgan fingerprint density at radius 1 is 1.00 bits per heavy atom. The largest absolute Gasteiger partial charge is 0.457 e. The molecule has 0 aliphatic heterocycles. The van der Waals surface area contributed by atoms with E-state index in [4.69, 9.17) is 14.9 Å². The van der Waals surface area contributed by atoms with Crippen molar-refractivity contribution in [1.82, 2.24) is 4.98 Å². The van der Waals surface area contributed by atoms with E-state index in [0.717, 1.165) is 40.1 Å². The first-order valence-corrected chi connectivity index (χ1v) is 9.65. The number of benzene rings is 3. The molecule has 1 unspecified atom stereocenters. The molecule has 0 saturated carbocycles. The summed E-state index contributed by atoms with van der Waals surface area (Å²) in [5.41, 5.74) is 8.95. The average molecular weight is 388 g/mol. The van der Waals surface area contributed by atoms with Crippen molar-refractivity contribution in [3.05, 3.63) is 78.4 Å². The highest BCUT2D eigenvalue weighted by molar-refractivity contribution is 5.77. The predicted molar refractivity (Wildman–Crippen MR) is 114 cm³/mol. The molecule has 0 amide bonds. The zero-order chi connectivity index (χ0) is 20.3. The summed E-state index contributed by atoms with van der Waals surface area (Å²) in [6.45, 7) is 1.81. The lowest BCUT2D eigenvalue weighted by Gasteiger charge is -2.21. The summed E-state index contributed by atoms with van der Waals surface area (Å²) in [5, 5.41) is 9.33. The number of fused-ring (bicyclic) bond motifs is 1. The fourth-order valence-corrected chi connectivity index (χ4v) is 3.08. The number of aliphatic hydroxyl groups excluding tert-OH is 1. The minimum Gasteiger partial charge on any atom is -0.457 e. The van der Waals surface area contributed by atoms with Gasteiger partial charge in [-0.1, -0.05) is 30.3 Å². The van der Waals surface area contributed by atoms with E-state index in [1.807, 2.05) is 79.7 Å². The Bertz CT molecular complexity index is 1100. The molecule has 0 aliphatic carbocycles. The number of nitrogens with two attached hydrogens (primary N) is 1. The van der Waals surface area contributed by atoms with Gasteiger partial charge in [-0.05, 0) is 67.8 Å². The number of aliphatic hydroxyl groups is 1. The molecule has 0 radical (unpaired) electrons. The standard InChI is InChI=1S/C24H24N2O3/c1-24(25,16-27)13-12-17-10-11-22-21(14-17)26-23(29-22)18-6-5-9-20(15-18)28-19-7-3-2-4-8-19/h2-11,14-15,27H,12-13,16,25H2,1H3. The van der Waals surface area contributed by atoms with Crippen molar-refractivity contribution in [2.75, 3.05) is 6.61 Å². The zero-order valence-electron chi connectivity index (χ0n) is 16.3. The first-order valence-electron chi connectivity index (χ1n) is 9.65. The molecule has 3 N–H and O–H groups in total. The van der Waals surface area contributed by atoms with E-state index in [0.29, 0.717) is 12.3 Å². The molecule has 1 heterocycles. The Kier molecular flexibility index (Phi) is 5.34. The van der Waals surface area contributed by atoms with E-state index in [9.17, 15) is 5.11 Å². The lowest BCUT2D eigenvalue weighted by molar-refractivity contribution is 0.200. The van der Waals surface area contributed by atoms with Crippen molar-refractivity contribution < 1.29 is 14.3 Å². The highest BCUT2D eigenvalue weighted by atomic mass is 16.5. The van der Waals surface area contributed by atoms with Gasteiger partial charge in [0.25, 0.3) is 0 Å². The molecular weight excluding hydrogens is 364 g/mol. The number of aryl methyl sites for hydroxylation is 1. The maximum atomic E-state index is 9.33. The van der Waals surface area contributed by atoms with Gasteiger partial charge in [0.05, 0.1) is 6.61 Å². The van der Waals surface area contributed by atoms with Crippen molar-refractivity contribution in [3.63, 3.8) is 0 Å². The predicted octanol–water partition coefficient (Wildman–Crippen LogP) is 4.93. The van der Waals surface area contributed by atoms with Gasteiger partial charge in [-0.3, -0.25) is 0 Å². The lowest BCUT2D eigenvalue weighted by atomic mass is 9.95. The van der Waals surface area contributed by atoms with E-state index in [-0.39, 0.29) is 6.61 Å². The molecule has 0 aliphatic rings. The fourth-order valence-electron chi connectivity index (χ4n) is 3.08. The van der Waals surface area contributed by atoms with E-state index in [1.54, 1.807) is 0 Å². The number of hydrogen-bond donors (Lipinski definition) is 2. The smallest absolute Gasteiger partial charge is 0.227 e. The normalized spacial score (nSPS) is 13.3. The SMILES string of the molecule is CC(N)(CO)CCc1ccc2oc(-c3cccc(Oc4ccccc4)c3)nc2c1. The van der Waals surface area contributed by atoms with Gasteiger partial charge < -0.3 is 20.0 Å². The third-order valence-corrected chi connectivity index (χ3v) is 4.86. The van der Waals surface area contributed by atoms with Crippen LogP contribution in [0.1, 0.15) is 18.9 Å². The Morgan fingerprint density at radius 2 is 1.79 bits per heavy atom. The molecule has 1 aromatic heterocycles. The quantitative estimate of drug-likeness (QED) is 0.469. The summed E-state index contributed by atoms with van der Waals surface area (Å²) in [6, 6.07) is 23.3. The summed E-state index contributed by atoms with van der Waals surface area (Å²) >= 11 is 0. The van der Waals surface area contributed by atoms with E-state index < -0.39 is 5.54 Å². The first kappa shape index (κ1) is 19.2. The van der Waals surface area contributed by atoms with Crippen LogP contribution in [-0.2, 0) is 6.42 Å². The third-order valence-electron chi connectivity index (χ3n) is 4.86. The van der Waals surface area contributed by atoms with Gasteiger partial charge in [0.2, 0.25) is 5.89 Å². The van der Waals surface area contributed by atoms with Crippen LogP contribution in [-0.4, -0.2) is 22.2 Å². The molecule has 1 atom stereocenters. The van der Waals surface area contributed by atoms with Gasteiger partial charge in [0, 0.05) is 11.1 Å². The van der Waals surface area contributed by atoms with Gasteiger partial charge in [0.1, 0.15) is 17.0 Å². The van der Waals surface area contributed by atoms with Crippen LogP contribution in [0.4, 0.5) is 0 Å². The van der Waals surface area contributed by atoms with Crippen LogP contribution in [0.3, 0.4) is 0 Å². The second kappa shape index (κ2) is 8.07. The van der Waals surface area contributed by atoms with Crippen molar-refractivity contribution in [1.29, 1.82) is 0 Å². The highest BCUT2D eigenvalue weighted by Crippen LogP contribution is 2.29. The van der Waals surface area contributed by atoms with Crippen LogP contribution >= 0.6 is 0 Å².